The summed E-state index contributed by atoms with van der Waals surface area (Å²) < 4.78 is 23.1. The number of rotatable bonds is 37. The predicted molar refractivity (Wildman–Crippen MR) is 210 cm³/mol. The van der Waals surface area contributed by atoms with Crippen LogP contribution in [0.1, 0.15) is 181 Å². The van der Waals surface area contributed by atoms with Crippen LogP contribution in [0.2, 0.25) is 0 Å². The molecule has 0 heterocycles. The minimum Gasteiger partial charge on any atom is -0.756 e. The molecular weight excluding hydrogens is 647 g/mol. The van der Waals surface area contributed by atoms with Crippen molar-refractivity contribution in [2.75, 3.05) is 40.9 Å². The number of aliphatic hydroxyl groups excluding tert-OH is 1. The zero-order valence-corrected chi connectivity index (χ0v) is 34.2. The van der Waals surface area contributed by atoms with E-state index < -0.39 is 20.0 Å². The molecule has 0 aromatic rings. The fourth-order valence-corrected chi connectivity index (χ4v) is 6.52. The first-order valence-electron chi connectivity index (χ1n) is 20.7. The van der Waals surface area contributed by atoms with Crippen LogP contribution in [0.4, 0.5) is 0 Å². The highest BCUT2D eigenvalue weighted by molar-refractivity contribution is 7.45. The molecule has 0 saturated heterocycles. The van der Waals surface area contributed by atoms with Crippen LogP contribution in [-0.4, -0.2) is 68.5 Å². The van der Waals surface area contributed by atoms with Crippen LogP contribution >= 0.6 is 7.82 Å². The van der Waals surface area contributed by atoms with Crippen LogP contribution in [0.3, 0.4) is 0 Å². The number of quaternary nitrogens is 1. The number of carbonyl (C=O) groups excluding carboxylic acids is 1. The Kier molecular flexibility index (Phi) is 33.1. The summed E-state index contributed by atoms with van der Waals surface area (Å²) in [5.41, 5.74) is 0. The first kappa shape index (κ1) is 49.0. The first-order valence-corrected chi connectivity index (χ1v) is 22.2. The third kappa shape index (κ3) is 35.4. The Balaban J connectivity index is 4.43. The Bertz CT molecular complexity index is 876. The van der Waals surface area contributed by atoms with E-state index in [4.69, 9.17) is 9.05 Å². The van der Waals surface area contributed by atoms with Crippen LogP contribution in [0, 0.1) is 0 Å². The molecule has 50 heavy (non-hydrogen) atoms. The highest BCUT2D eigenvalue weighted by Gasteiger charge is 2.23. The molecule has 1 amide bonds. The SMILES string of the molecule is CCCCCCCC/C=C\CCCCCCCCCC(=O)NC(COP(=O)([O-])OCC[N+](C)(C)C)C(O)/C=C/CCCCCCCCCCC. The van der Waals surface area contributed by atoms with Crippen molar-refractivity contribution >= 4 is 13.7 Å². The van der Waals surface area contributed by atoms with Crippen molar-refractivity contribution in [3.8, 4) is 0 Å². The topological polar surface area (TPSA) is 108 Å². The number of likely N-dealkylation sites (N-methyl/N-ethyl adjacent to an activating group) is 1. The molecule has 0 rings (SSSR count). The van der Waals surface area contributed by atoms with Gasteiger partial charge in [0.1, 0.15) is 13.2 Å². The lowest BCUT2D eigenvalue weighted by atomic mass is 10.1. The van der Waals surface area contributed by atoms with Gasteiger partial charge in [-0.1, -0.05) is 154 Å². The molecule has 0 saturated carbocycles. The lowest BCUT2D eigenvalue weighted by Crippen LogP contribution is -2.45. The minimum absolute atomic E-state index is 0.00113. The number of nitrogens with one attached hydrogen (secondary N) is 1. The molecule has 3 unspecified atom stereocenters. The molecular formula is C41H81N2O6P. The smallest absolute Gasteiger partial charge is 0.268 e. The number of hydrogen-bond donors (Lipinski definition) is 2. The van der Waals surface area contributed by atoms with E-state index in [2.05, 4.69) is 31.3 Å². The van der Waals surface area contributed by atoms with E-state index in [0.717, 1.165) is 38.5 Å². The van der Waals surface area contributed by atoms with E-state index in [1.807, 2.05) is 27.2 Å². The van der Waals surface area contributed by atoms with Gasteiger partial charge in [-0.15, -0.1) is 0 Å². The number of amides is 1. The number of allylic oxidation sites excluding steroid dienone is 3. The van der Waals surface area contributed by atoms with E-state index in [1.54, 1.807) is 6.08 Å². The fraction of sp³-hybridized carbons (Fsp3) is 0.878. The Morgan fingerprint density at radius 1 is 0.680 bits per heavy atom. The van der Waals surface area contributed by atoms with Crippen molar-refractivity contribution in [3.05, 3.63) is 24.3 Å². The van der Waals surface area contributed by atoms with Crippen molar-refractivity contribution < 1.29 is 32.9 Å². The van der Waals surface area contributed by atoms with E-state index in [0.29, 0.717) is 17.4 Å². The number of phosphoric acid groups is 1. The molecule has 3 atom stereocenters. The fourth-order valence-electron chi connectivity index (χ4n) is 5.79. The first-order chi connectivity index (χ1) is 24.0. The molecule has 0 spiro atoms. The summed E-state index contributed by atoms with van der Waals surface area (Å²) in [4.78, 5) is 25.2. The number of nitrogens with zero attached hydrogens (tertiary/aromatic N) is 1. The Morgan fingerprint density at radius 3 is 1.56 bits per heavy atom. The number of phosphoric ester groups is 1. The maximum Gasteiger partial charge on any atom is 0.268 e. The third-order valence-corrected chi connectivity index (χ3v) is 10.1. The van der Waals surface area contributed by atoms with Crippen LogP contribution in [0.5, 0.6) is 0 Å². The van der Waals surface area contributed by atoms with Gasteiger partial charge in [-0.25, -0.2) is 0 Å². The summed E-state index contributed by atoms with van der Waals surface area (Å²) in [7, 11) is 1.26. The van der Waals surface area contributed by atoms with Gasteiger partial charge in [0.25, 0.3) is 7.82 Å². The van der Waals surface area contributed by atoms with Crippen LogP contribution in [0.15, 0.2) is 24.3 Å². The molecule has 0 aliphatic heterocycles. The second-order valence-corrected chi connectivity index (χ2v) is 16.8. The summed E-state index contributed by atoms with van der Waals surface area (Å²) in [6.45, 7) is 4.61. The number of aliphatic hydroxyl groups is 1. The van der Waals surface area contributed by atoms with Gasteiger partial charge in [0.2, 0.25) is 5.91 Å². The van der Waals surface area contributed by atoms with Crippen molar-refractivity contribution in [3.63, 3.8) is 0 Å². The van der Waals surface area contributed by atoms with Crippen LogP contribution < -0.4 is 10.2 Å². The quantitative estimate of drug-likeness (QED) is 0.0285. The van der Waals surface area contributed by atoms with Crippen molar-refractivity contribution in [2.24, 2.45) is 0 Å². The van der Waals surface area contributed by atoms with Crippen molar-refractivity contribution in [1.82, 2.24) is 5.32 Å². The summed E-state index contributed by atoms with van der Waals surface area (Å²) >= 11 is 0. The number of unbranched alkanes of at least 4 members (excludes halogenated alkanes) is 22. The molecule has 0 aliphatic carbocycles. The van der Waals surface area contributed by atoms with Gasteiger partial charge in [0.05, 0.1) is 39.9 Å². The van der Waals surface area contributed by atoms with E-state index >= 15 is 0 Å². The Hall–Kier alpha value is -1.02. The minimum atomic E-state index is -4.58. The normalized spacial score (nSPS) is 14.8. The zero-order valence-electron chi connectivity index (χ0n) is 33.4. The average Bonchev–Trinajstić information content (AvgIpc) is 3.06. The highest BCUT2D eigenvalue weighted by atomic mass is 31.2. The maximum atomic E-state index is 12.8. The van der Waals surface area contributed by atoms with Crippen LogP contribution in [-0.2, 0) is 18.4 Å². The molecule has 296 valence electrons. The molecule has 8 nitrogen and oxygen atoms in total. The average molecular weight is 729 g/mol. The number of hydrogen-bond acceptors (Lipinski definition) is 6. The van der Waals surface area contributed by atoms with Gasteiger partial charge in [-0.2, -0.15) is 0 Å². The van der Waals surface area contributed by atoms with Gasteiger partial charge in [-0.3, -0.25) is 9.36 Å². The highest BCUT2D eigenvalue weighted by Crippen LogP contribution is 2.38. The summed E-state index contributed by atoms with van der Waals surface area (Å²) in [6, 6.07) is -0.883. The standard InChI is InChI=1S/C41H81N2O6P/c1-6-8-10-12-14-16-18-19-20-21-22-23-25-27-29-31-33-35-41(45)42-39(38-49-50(46,47)48-37-36-43(3,4)5)40(44)34-32-30-28-26-24-17-15-13-11-9-7-2/h19-20,32,34,39-40,44H,6-18,21-31,33,35-38H2,1-5H3,(H-,42,45,46,47)/b20-19-,34-32+. The van der Waals surface area contributed by atoms with Gasteiger partial charge >= 0.3 is 0 Å². The summed E-state index contributed by atoms with van der Waals surface area (Å²) in [6.07, 6.45) is 37.9. The largest absolute Gasteiger partial charge is 0.756 e. The monoisotopic (exact) mass is 729 g/mol. The second kappa shape index (κ2) is 33.8. The molecule has 9 heteroatoms. The van der Waals surface area contributed by atoms with Gasteiger partial charge < -0.3 is 28.8 Å². The molecule has 0 aromatic carbocycles. The lowest BCUT2D eigenvalue weighted by Gasteiger charge is -2.29. The Morgan fingerprint density at radius 2 is 1.10 bits per heavy atom. The maximum absolute atomic E-state index is 12.8. The molecule has 0 bridgehead atoms. The molecule has 0 aliphatic rings. The molecule has 0 radical (unpaired) electrons. The molecule has 0 aromatic heterocycles. The van der Waals surface area contributed by atoms with E-state index in [1.165, 1.54) is 122 Å². The third-order valence-electron chi connectivity index (χ3n) is 9.16. The van der Waals surface area contributed by atoms with Crippen molar-refractivity contribution in [2.45, 2.75) is 193 Å². The van der Waals surface area contributed by atoms with E-state index in [-0.39, 0.29) is 19.1 Å². The Labute approximate surface area is 309 Å². The van der Waals surface area contributed by atoms with E-state index in [9.17, 15) is 19.4 Å². The summed E-state index contributed by atoms with van der Waals surface area (Å²) in [5, 5.41) is 13.7. The lowest BCUT2D eigenvalue weighted by molar-refractivity contribution is -0.870. The van der Waals surface area contributed by atoms with Gasteiger partial charge in [-0.05, 0) is 44.9 Å². The van der Waals surface area contributed by atoms with Gasteiger partial charge in [0.15, 0.2) is 0 Å². The second-order valence-electron chi connectivity index (χ2n) is 15.3. The van der Waals surface area contributed by atoms with Gasteiger partial charge in [0, 0.05) is 6.42 Å². The number of carbonyl (C=O) groups is 1. The zero-order chi connectivity index (χ0) is 37.2. The summed E-state index contributed by atoms with van der Waals surface area (Å²) in [5.74, 6) is -0.204. The molecule has 2 N–H and O–H groups in total. The predicted octanol–water partition coefficient (Wildman–Crippen LogP) is 10.3. The van der Waals surface area contributed by atoms with Crippen LogP contribution in [0.25, 0.3) is 0 Å². The van der Waals surface area contributed by atoms with Crippen molar-refractivity contribution in [1.29, 1.82) is 0 Å². The molecule has 0 fully saturated rings.